The van der Waals surface area contributed by atoms with E-state index in [1.165, 1.54) is 94.6 Å². The zero-order valence-corrected chi connectivity index (χ0v) is 30.8. The van der Waals surface area contributed by atoms with Gasteiger partial charge in [-0.15, -0.1) is 12.3 Å². The number of unbranched alkanes of at least 4 members (excludes halogenated alkanes) is 1. The van der Waals surface area contributed by atoms with Crippen molar-refractivity contribution in [3.63, 3.8) is 0 Å². The molecule has 0 heterocycles. The molecule has 4 fully saturated rings. The van der Waals surface area contributed by atoms with Gasteiger partial charge in [0.15, 0.2) is 0 Å². The van der Waals surface area contributed by atoms with Crippen molar-refractivity contribution in [3.05, 3.63) is 30.0 Å². The molecule has 0 spiro atoms. The van der Waals surface area contributed by atoms with Crippen LogP contribution in [0.3, 0.4) is 0 Å². The predicted octanol–water partition coefficient (Wildman–Crippen LogP) is 11.2. The fourth-order valence-electron chi connectivity index (χ4n) is 10.5. The molecule has 0 saturated heterocycles. The number of rotatable bonds is 13. The van der Waals surface area contributed by atoms with Crippen molar-refractivity contribution >= 4 is 12.6 Å². The fraction of sp³-hybridized carbons (Fsp3) is 0.875. The highest BCUT2D eigenvalue weighted by Gasteiger charge is 2.62. The highest BCUT2D eigenvalue weighted by Crippen LogP contribution is 2.69. The Balaban J connectivity index is 0.000000393. The Morgan fingerprint density at radius 2 is 1.60 bits per heavy atom. The maximum absolute atomic E-state index is 5.36. The van der Waals surface area contributed by atoms with Gasteiger partial charge in [-0.3, -0.25) is 10.9 Å². The molecule has 11 atom stereocenters. The van der Waals surface area contributed by atoms with Crippen LogP contribution in [0, 0.1) is 58.2 Å². The summed E-state index contributed by atoms with van der Waals surface area (Å²) in [5.41, 5.74) is 13.1. The second-order valence-corrected chi connectivity index (χ2v) is 17.2. The van der Waals surface area contributed by atoms with Gasteiger partial charge in [0.1, 0.15) is 0 Å². The van der Waals surface area contributed by atoms with Crippen molar-refractivity contribution in [1.82, 2.24) is 10.9 Å². The van der Waals surface area contributed by atoms with Gasteiger partial charge in [-0.25, -0.2) is 0 Å². The van der Waals surface area contributed by atoms with E-state index >= 15 is 0 Å². The zero-order chi connectivity index (χ0) is 31.8. The topological polar surface area (TPSA) is 24.1 Å². The number of hydrazine groups is 1. The van der Waals surface area contributed by atoms with Gasteiger partial charge in [0.25, 0.3) is 0 Å². The molecule has 2 nitrogen and oxygen atoms in total. The minimum Gasteiger partial charge on any atom is -0.258 e. The standard InChI is InChI=1S/C31H52S.C9H20N2/c1-8-21(3)22(4)10-9-11-23(5)25-12-13-26-29-27(15-17-31(25,26)7)30(6)16-14-20(2)18-24(30)19-28(29)32;1-4-5-7-10-11-8-6-9(2)3/h20,22-29,32H,1,9-19H2,2-7H3;10-11H,2,4-8H2,1,3H3. The maximum atomic E-state index is 5.36. The highest BCUT2D eigenvalue weighted by molar-refractivity contribution is 7.81. The molecule has 0 aromatic carbocycles. The fourth-order valence-corrected chi connectivity index (χ4v) is 11.1. The van der Waals surface area contributed by atoms with Gasteiger partial charge in [-0.1, -0.05) is 79.4 Å². The van der Waals surface area contributed by atoms with Gasteiger partial charge in [-0.05, 0) is 142 Å². The molecule has 0 aromatic heterocycles. The second kappa shape index (κ2) is 16.9. The molecule has 4 saturated carbocycles. The molecular formula is C40H72N2S. The average molecular weight is 613 g/mol. The molecule has 0 radical (unpaired) electrons. The molecule has 0 aliphatic heterocycles. The van der Waals surface area contributed by atoms with Gasteiger partial charge < -0.3 is 0 Å². The van der Waals surface area contributed by atoms with Gasteiger partial charge in [0, 0.05) is 18.3 Å². The van der Waals surface area contributed by atoms with Crippen LogP contribution in [0.4, 0.5) is 0 Å². The van der Waals surface area contributed by atoms with E-state index in [1.807, 2.05) is 6.92 Å². The van der Waals surface area contributed by atoms with Crippen LogP contribution in [0.15, 0.2) is 30.0 Å². The first-order chi connectivity index (χ1) is 20.4. The minimum absolute atomic E-state index is 0.565. The monoisotopic (exact) mass is 613 g/mol. The SMILES string of the molecule is C=C(C)CCNNCCCC.C=C=C(C)C(C)CCCC(C)C1CCC2C3C(S)CC4CC(C)CCC4(C)C3CCC12C. The van der Waals surface area contributed by atoms with E-state index < -0.39 is 0 Å². The molecule has 43 heavy (non-hydrogen) atoms. The van der Waals surface area contributed by atoms with E-state index in [9.17, 15) is 0 Å². The molecule has 4 rings (SSSR count). The Morgan fingerprint density at radius 3 is 2.28 bits per heavy atom. The summed E-state index contributed by atoms with van der Waals surface area (Å²) in [5, 5.41) is 0.650. The third-order valence-electron chi connectivity index (χ3n) is 13.5. The summed E-state index contributed by atoms with van der Waals surface area (Å²) < 4.78 is 0. The molecule has 0 amide bonds. The summed E-state index contributed by atoms with van der Waals surface area (Å²) in [6.07, 6.45) is 19.3. The number of hydrogen-bond acceptors (Lipinski definition) is 3. The molecule has 11 unspecified atom stereocenters. The van der Waals surface area contributed by atoms with Crippen LogP contribution < -0.4 is 10.9 Å². The van der Waals surface area contributed by atoms with E-state index in [1.54, 1.807) is 0 Å². The number of thiol groups is 1. The molecule has 248 valence electrons. The lowest BCUT2D eigenvalue weighted by molar-refractivity contribution is -0.116. The Labute approximate surface area is 274 Å². The summed E-state index contributed by atoms with van der Waals surface area (Å²) in [5.74, 6) is 7.05. The Hall–Kier alpha value is -0.470. The third kappa shape index (κ3) is 9.08. The van der Waals surface area contributed by atoms with Crippen LogP contribution in [0.1, 0.15) is 145 Å². The van der Waals surface area contributed by atoms with Crippen LogP contribution in [0.5, 0.6) is 0 Å². The Morgan fingerprint density at radius 1 is 0.930 bits per heavy atom. The zero-order valence-electron chi connectivity index (χ0n) is 29.9. The lowest BCUT2D eigenvalue weighted by Crippen LogP contribution is -2.57. The number of hydrogen-bond donors (Lipinski definition) is 3. The van der Waals surface area contributed by atoms with Crippen LogP contribution >= 0.6 is 12.6 Å². The van der Waals surface area contributed by atoms with Crippen LogP contribution in [-0.2, 0) is 0 Å². The quantitative estimate of drug-likeness (QED) is 0.0633. The summed E-state index contributed by atoms with van der Waals surface area (Å²) >= 11 is 5.36. The van der Waals surface area contributed by atoms with Crippen molar-refractivity contribution in [3.8, 4) is 0 Å². The first-order valence-electron chi connectivity index (χ1n) is 18.5. The molecule has 2 N–H and O–H groups in total. The predicted molar refractivity (Wildman–Crippen MR) is 193 cm³/mol. The summed E-state index contributed by atoms with van der Waals surface area (Å²) in [6.45, 7) is 29.0. The first kappa shape index (κ1) is 37.0. The average Bonchev–Trinajstić information content (AvgIpc) is 3.32. The van der Waals surface area contributed by atoms with Crippen molar-refractivity contribution in [2.24, 2.45) is 58.2 Å². The summed E-state index contributed by atoms with van der Waals surface area (Å²) in [6, 6.07) is 0. The largest absolute Gasteiger partial charge is 0.258 e. The van der Waals surface area contributed by atoms with Crippen LogP contribution in [-0.4, -0.2) is 18.3 Å². The molecule has 3 heteroatoms. The first-order valence-corrected chi connectivity index (χ1v) is 19.0. The molecule has 4 aliphatic carbocycles. The lowest BCUT2D eigenvalue weighted by atomic mass is 9.44. The van der Waals surface area contributed by atoms with Gasteiger partial charge in [0.2, 0.25) is 0 Å². The smallest absolute Gasteiger partial charge is 0.0137 e. The summed E-state index contributed by atoms with van der Waals surface area (Å²) in [7, 11) is 0. The van der Waals surface area contributed by atoms with Crippen LogP contribution in [0.25, 0.3) is 0 Å². The van der Waals surface area contributed by atoms with E-state index in [0.29, 0.717) is 22.0 Å². The van der Waals surface area contributed by atoms with Crippen molar-refractivity contribution in [1.29, 1.82) is 0 Å². The van der Waals surface area contributed by atoms with Crippen molar-refractivity contribution < 1.29 is 0 Å². The molecular weight excluding hydrogens is 541 g/mol. The van der Waals surface area contributed by atoms with E-state index in [4.69, 9.17) is 12.6 Å². The minimum atomic E-state index is 0.565. The van der Waals surface area contributed by atoms with E-state index in [0.717, 1.165) is 60.9 Å². The summed E-state index contributed by atoms with van der Waals surface area (Å²) in [4.78, 5) is 0. The van der Waals surface area contributed by atoms with E-state index in [-0.39, 0.29) is 0 Å². The van der Waals surface area contributed by atoms with Crippen molar-refractivity contribution in [2.75, 3.05) is 13.1 Å². The van der Waals surface area contributed by atoms with Gasteiger partial charge in [-0.2, -0.15) is 12.6 Å². The second-order valence-electron chi connectivity index (χ2n) is 16.5. The lowest BCUT2D eigenvalue weighted by Gasteiger charge is -2.63. The molecule has 4 aliphatic rings. The number of allylic oxidation sites excluding steroid dienone is 1. The van der Waals surface area contributed by atoms with Gasteiger partial charge in [0.05, 0.1) is 0 Å². The Bertz CT molecular complexity index is 921. The molecule has 0 aromatic rings. The van der Waals surface area contributed by atoms with Crippen molar-refractivity contribution in [2.45, 2.75) is 151 Å². The normalized spacial score (nSPS) is 37.9. The third-order valence-corrected chi connectivity index (χ3v) is 14.0. The Kier molecular flexibility index (Phi) is 14.5. The van der Waals surface area contributed by atoms with E-state index in [2.05, 4.69) is 78.2 Å². The van der Waals surface area contributed by atoms with Crippen LogP contribution in [0.2, 0.25) is 0 Å². The number of fused-ring (bicyclic) bond motifs is 5. The highest BCUT2D eigenvalue weighted by atomic mass is 32.1. The maximum Gasteiger partial charge on any atom is 0.0137 e. The number of nitrogens with one attached hydrogen (secondary N) is 2. The molecule has 0 bridgehead atoms. The van der Waals surface area contributed by atoms with Gasteiger partial charge >= 0.3 is 0 Å².